The number of fused-ring (bicyclic) bond motifs is 2. The topological polar surface area (TPSA) is 111 Å². The lowest BCUT2D eigenvalue weighted by Gasteiger charge is -2.14. The number of anilines is 1. The molecule has 9 heteroatoms. The van der Waals surface area contributed by atoms with E-state index >= 15 is 0 Å². The van der Waals surface area contributed by atoms with Crippen molar-refractivity contribution in [1.82, 2.24) is 30.2 Å². The van der Waals surface area contributed by atoms with E-state index in [0.29, 0.717) is 17.0 Å². The predicted molar refractivity (Wildman–Crippen MR) is 105 cm³/mol. The lowest BCUT2D eigenvalue weighted by molar-refractivity contribution is -0.119. The maximum absolute atomic E-state index is 12.3. The van der Waals surface area contributed by atoms with Crippen LogP contribution in [-0.4, -0.2) is 43.4 Å². The van der Waals surface area contributed by atoms with Crippen molar-refractivity contribution in [3.05, 3.63) is 47.6 Å². The van der Waals surface area contributed by atoms with Crippen LogP contribution < -0.4 is 10.6 Å². The van der Waals surface area contributed by atoms with E-state index in [0.717, 1.165) is 11.9 Å². The number of carbonyl (C=O) groups excluding carboxylic acids is 1. The van der Waals surface area contributed by atoms with Crippen molar-refractivity contribution in [1.29, 1.82) is 0 Å². The largest absolute Gasteiger partial charge is 0.361 e. The van der Waals surface area contributed by atoms with Gasteiger partial charge in [-0.1, -0.05) is 18.2 Å². The molecule has 4 rings (SSSR count). The quantitative estimate of drug-likeness (QED) is 0.382. The van der Waals surface area contributed by atoms with Crippen molar-refractivity contribution in [2.45, 2.75) is 19.4 Å². The highest BCUT2D eigenvalue weighted by Crippen LogP contribution is 2.19. The van der Waals surface area contributed by atoms with Gasteiger partial charge in [0.2, 0.25) is 11.2 Å². The number of hydrogen-bond donors (Lipinski definition) is 4. The van der Waals surface area contributed by atoms with E-state index in [2.05, 4.69) is 41.6 Å². The van der Waals surface area contributed by atoms with Gasteiger partial charge in [0.05, 0.1) is 12.9 Å². The summed E-state index contributed by atoms with van der Waals surface area (Å²) in [5.74, 6) is 0.312. The summed E-state index contributed by atoms with van der Waals surface area (Å²) in [6.45, 7) is 2.05. The summed E-state index contributed by atoms with van der Waals surface area (Å²) in [6, 6.07) is 8.10. The molecule has 0 spiro atoms. The second-order valence-electron chi connectivity index (χ2n) is 6.33. The highest BCUT2D eigenvalue weighted by Gasteiger charge is 2.13. The number of aromatic nitrogens is 5. The summed E-state index contributed by atoms with van der Waals surface area (Å²) in [4.78, 5) is 30.6. The predicted octanol–water partition coefficient (Wildman–Crippen LogP) is 2.65. The Morgan fingerprint density at radius 3 is 3.00 bits per heavy atom. The molecule has 27 heavy (non-hydrogen) atoms. The molecule has 4 N–H and O–H groups in total. The first kappa shape index (κ1) is 17.3. The molecule has 1 aromatic carbocycles. The zero-order valence-electron chi connectivity index (χ0n) is 14.6. The van der Waals surface area contributed by atoms with Gasteiger partial charge in [-0.15, -0.1) is 0 Å². The molecule has 0 bridgehead atoms. The van der Waals surface area contributed by atoms with Crippen LogP contribution in [0.1, 0.15) is 12.5 Å². The Labute approximate surface area is 159 Å². The van der Waals surface area contributed by atoms with Crippen LogP contribution in [0.2, 0.25) is 5.28 Å². The van der Waals surface area contributed by atoms with E-state index in [1.807, 2.05) is 31.3 Å². The Bertz CT molecular complexity index is 1100. The van der Waals surface area contributed by atoms with E-state index in [4.69, 9.17) is 11.6 Å². The summed E-state index contributed by atoms with van der Waals surface area (Å²) in [5, 5.41) is 7.22. The average Bonchev–Trinajstić information content (AvgIpc) is 3.27. The molecule has 0 aliphatic carbocycles. The summed E-state index contributed by atoms with van der Waals surface area (Å²) < 4.78 is 0. The molecule has 1 atom stereocenters. The highest BCUT2D eigenvalue weighted by molar-refractivity contribution is 6.28. The summed E-state index contributed by atoms with van der Waals surface area (Å²) >= 11 is 5.89. The van der Waals surface area contributed by atoms with Crippen LogP contribution in [0.15, 0.2) is 36.8 Å². The smallest absolute Gasteiger partial charge is 0.239 e. The van der Waals surface area contributed by atoms with Gasteiger partial charge in [0, 0.05) is 23.1 Å². The summed E-state index contributed by atoms with van der Waals surface area (Å²) in [6.07, 6.45) is 4.23. The number of aromatic amines is 2. The maximum atomic E-state index is 12.3. The number of hydrogen-bond acceptors (Lipinski definition) is 5. The first-order valence-corrected chi connectivity index (χ1v) is 8.93. The molecule has 1 amide bonds. The lowest BCUT2D eigenvalue weighted by Crippen LogP contribution is -2.37. The Morgan fingerprint density at radius 1 is 1.26 bits per heavy atom. The Balaban J connectivity index is 1.37. The average molecular weight is 384 g/mol. The molecule has 0 saturated carbocycles. The molecule has 0 fully saturated rings. The molecular formula is C18H18ClN7O. The number of para-hydroxylation sites is 1. The van der Waals surface area contributed by atoms with Crippen molar-refractivity contribution in [3.63, 3.8) is 0 Å². The van der Waals surface area contributed by atoms with Crippen LogP contribution in [-0.2, 0) is 11.2 Å². The third-order valence-electron chi connectivity index (χ3n) is 4.28. The number of nitrogens with one attached hydrogen (secondary N) is 4. The SMILES string of the molecule is CC(Cc1c[nH]c2ccccc12)NC(=O)CNc1nc(Cl)nc2nc[nH]c12. The van der Waals surface area contributed by atoms with Gasteiger partial charge in [-0.2, -0.15) is 9.97 Å². The van der Waals surface area contributed by atoms with Crippen LogP contribution in [0.4, 0.5) is 5.82 Å². The molecule has 0 saturated heterocycles. The van der Waals surface area contributed by atoms with Crippen LogP contribution >= 0.6 is 11.6 Å². The molecule has 138 valence electrons. The zero-order chi connectivity index (χ0) is 18.8. The van der Waals surface area contributed by atoms with Gasteiger partial charge in [0.25, 0.3) is 0 Å². The molecule has 3 heterocycles. The van der Waals surface area contributed by atoms with Gasteiger partial charge in [0.15, 0.2) is 11.5 Å². The van der Waals surface area contributed by atoms with E-state index in [1.165, 1.54) is 17.3 Å². The Kier molecular flexibility index (Phi) is 4.64. The van der Waals surface area contributed by atoms with Gasteiger partial charge in [-0.05, 0) is 36.6 Å². The van der Waals surface area contributed by atoms with E-state index in [9.17, 15) is 4.79 Å². The van der Waals surface area contributed by atoms with Crippen molar-refractivity contribution >= 4 is 45.4 Å². The minimum atomic E-state index is -0.134. The van der Waals surface area contributed by atoms with Crippen LogP contribution in [0, 0.1) is 0 Å². The number of halogens is 1. The fourth-order valence-corrected chi connectivity index (χ4v) is 3.27. The lowest BCUT2D eigenvalue weighted by atomic mass is 10.1. The second-order valence-corrected chi connectivity index (χ2v) is 6.67. The second kappa shape index (κ2) is 7.24. The molecule has 8 nitrogen and oxygen atoms in total. The molecule has 1 unspecified atom stereocenters. The standard InChI is InChI=1S/C18H18ClN7O/c1-10(6-11-7-20-13-5-3-2-4-12(11)13)24-14(27)8-21-16-15-17(23-9-22-15)26-18(19)25-16/h2-5,7,9-10,20H,6,8H2,1H3,(H,24,27)(H2,21,22,23,25,26). The molecule has 0 radical (unpaired) electrons. The fourth-order valence-electron chi connectivity index (χ4n) is 3.11. The third-order valence-corrected chi connectivity index (χ3v) is 4.45. The van der Waals surface area contributed by atoms with Gasteiger partial charge in [-0.3, -0.25) is 4.79 Å². The first-order valence-electron chi connectivity index (χ1n) is 8.55. The minimum Gasteiger partial charge on any atom is -0.361 e. The van der Waals surface area contributed by atoms with Gasteiger partial charge in [-0.25, -0.2) is 4.98 Å². The van der Waals surface area contributed by atoms with E-state index < -0.39 is 0 Å². The first-order chi connectivity index (χ1) is 13.1. The number of nitrogens with zero attached hydrogens (tertiary/aromatic N) is 3. The normalized spacial score (nSPS) is 12.4. The number of imidazole rings is 1. The molecular weight excluding hydrogens is 366 g/mol. The fraction of sp³-hybridized carbons (Fsp3) is 0.222. The summed E-state index contributed by atoms with van der Waals surface area (Å²) in [5.41, 5.74) is 3.33. The summed E-state index contributed by atoms with van der Waals surface area (Å²) in [7, 11) is 0. The van der Waals surface area contributed by atoms with Crippen LogP contribution in [0.5, 0.6) is 0 Å². The molecule has 0 aliphatic rings. The maximum Gasteiger partial charge on any atom is 0.239 e. The molecule has 0 aliphatic heterocycles. The van der Waals surface area contributed by atoms with Crippen molar-refractivity contribution in [3.8, 4) is 0 Å². The van der Waals surface area contributed by atoms with Gasteiger partial charge < -0.3 is 20.6 Å². The van der Waals surface area contributed by atoms with E-state index in [1.54, 1.807) is 0 Å². The zero-order valence-corrected chi connectivity index (χ0v) is 15.3. The number of amides is 1. The molecule has 4 aromatic rings. The monoisotopic (exact) mass is 383 g/mol. The number of benzene rings is 1. The van der Waals surface area contributed by atoms with Crippen molar-refractivity contribution in [2.24, 2.45) is 0 Å². The number of carbonyl (C=O) groups is 1. The number of H-pyrrole nitrogens is 2. The van der Waals surface area contributed by atoms with Crippen molar-refractivity contribution < 1.29 is 4.79 Å². The van der Waals surface area contributed by atoms with Gasteiger partial charge in [0.1, 0.15) is 5.52 Å². The van der Waals surface area contributed by atoms with Crippen LogP contribution in [0.25, 0.3) is 22.1 Å². The third kappa shape index (κ3) is 3.70. The Hall–Kier alpha value is -3.13. The molecule has 3 aromatic heterocycles. The van der Waals surface area contributed by atoms with Crippen molar-refractivity contribution in [2.75, 3.05) is 11.9 Å². The minimum absolute atomic E-state index is 0.0142. The highest BCUT2D eigenvalue weighted by atomic mass is 35.5. The van der Waals surface area contributed by atoms with Gasteiger partial charge >= 0.3 is 0 Å². The number of rotatable bonds is 6. The Morgan fingerprint density at radius 2 is 2.11 bits per heavy atom. The van der Waals surface area contributed by atoms with Crippen LogP contribution in [0.3, 0.4) is 0 Å². The van der Waals surface area contributed by atoms with E-state index in [-0.39, 0.29) is 23.8 Å².